The molecule has 0 atom stereocenters. The molecule has 1 aromatic heterocycles. The van der Waals surface area contributed by atoms with Crippen molar-refractivity contribution in [2.24, 2.45) is 0 Å². The van der Waals surface area contributed by atoms with Crippen molar-refractivity contribution in [3.8, 4) is 0 Å². The molecular weight excluding hydrogens is 300 g/mol. The van der Waals surface area contributed by atoms with Gasteiger partial charge in [0.25, 0.3) is 0 Å². The first-order chi connectivity index (χ1) is 10.4. The van der Waals surface area contributed by atoms with E-state index >= 15 is 0 Å². The number of hydrogen-bond donors (Lipinski definition) is 0. The summed E-state index contributed by atoms with van der Waals surface area (Å²) in [5.74, 6) is 1.12. The van der Waals surface area contributed by atoms with Gasteiger partial charge in [0, 0.05) is 44.5 Å². The van der Waals surface area contributed by atoms with Gasteiger partial charge >= 0.3 is 0 Å². The van der Waals surface area contributed by atoms with Crippen LogP contribution in [0.25, 0.3) is 0 Å². The van der Waals surface area contributed by atoms with Gasteiger partial charge in [-0.2, -0.15) is 4.31 Å². The fourth-order valence-electron chi connectivity index (χ4n) is 2.61. The molecule has 0 radical (unpaired) electrons. The fourth-order valence-corrected chi connectivity index (χ4v) is 4.08. The topological polar surface area (TPSA) is 56.8 Å². The van der Waals surface area contributed by atoms with Gasteiger partial charge in [0.1, 0.15) is 5.82 Å². The van der Waals surface area contributed by atoms with E-state index in [1.807, 2.05) is 33.2 Å². The molecule has 6 nitrogen and oxygen atoms in total. The van der Waals surface area contributed by atoms with Crippen LogP contribution in [0.5, 0.6) is 0 Å². The zero-order chi connectivity index (χ0) is 16.2. The van der Waals surface area contributed by atoms with E-state index in [1.54, 1.807) is 10.5 Å². The third-order valence-corrected chi connectivity index (χ3v) is 5.83. The summed E-state index contributed by atoms with van der Waals surface area (Å²) >= 11 is 0. The van der Waals surface area contributed by atoms with E-state index < -0.39 is 10.0 Å². The minimum absolute atomic E-state index is 0.209. The third-order valence-electron chi connectivity index (χ3n) is 3.81. The number of nitrogens with zero attached hydrogens (tertiary/aromatic N) is 4. The Morgan fingerprint density at radius 3 is 2.77 bits per heavy atom. The van der Waals surface area contributed by atoms with Gasteiger partial charge in [0.05, 0.1) is 5.75 Å². The molecule has 0 saturated heterocycles. The summed E-state index contributed by atoms with van der Waals surface area (Å²) in [4.78, 5) is 8.80. The molecule has 1 aliphatic heterocycles. The van der Waals surface area contributed by atoms with E-state index in [0.717, 1.165) is 24.5 Å². The van der Waals surface area contributed by atoms with Gasteiger partial charge in [-0.3, -0.25) is 0 Å². The molecule has 0 saturated carbocycles. The summed E-state index contributed by atoms with van der Waals surface area (Å²) in [5, 5.41) is 0. The van der Waals surface area contributed by atoms with Crippen LogP contribution < -0.4 is 4.90 Å². The zero-order valence-electron chi connectivity index (χ0n) is 13.7. The second kappa shape index (κ2) is 7.39. The highest BCUT2D eigenvalue weighted by atomic mass is 32.2. The van der Waals surface area contributed by atoms with Gasteiger partial charge in [-0.25, -0.2) is 13.4 Å². The SMILES string of the molecule is CCCS(=O)(=O)N1CCN(CCN(C)C)c2ncccc2C1. The monoisotopic (exact) mass is 326 g/mol. The van der Waals surface area contributed by atoms with E-state index in [0.29, 0.717) is 26.1 Å². The molecule has 1 aliphatic rings. The highest BCUT2D eigenvalue weighted by Crippen LogP contribution is 2.24. The van der Waals surface area contributed by atoms with Gasteiger partial charge in [-0.15, -0.1) is 0 Å². The largest absolute Gasteiger partial charge is 0.354 e. The maximum Gasteiger partial charge on any atom is 0.214 e. The molecule has 0 bridgehead atoms. The normalized spacial score (nSPS) is 16.6. The van der Waals surface area contributed by atoms with Crippen LogP contribution in [0.15, 0.2) is 18.3 Å². The van der Waals surface area contributed by atoms with Crippen molar-refractivity contribution in [3.63, 3.8) is 0 Å². The van der Waals surface area contributed by atoms with Gasteiger partial charge in [-0.05, 0) is 26.6 Å². The lowest BCUT2D eigenvalue weighted by Gasteiger charge is -2.25. The molecule has 0 unspecified atom stereocenters. The van der Waals surface area contributed by atoms with E-state index in [2.05, 4.69) is 14.8 Å². The Balaban J connectivity index is 2.24. The Bertz CT molecular complexity index is 589. The molecule has 2 rings (SSSR count). The Hall–Kier alpha value is -1.18. The van der Waals surface area contributed by atoms with Crippen LogP contribution in [0.1, 0.15) is 18.9 Å². The molecular formula is C15H26N4O2S. The standard InChI is InChI=1S/C15H26N4O2S/c1-4-12-22(20,21)19-11-10-18(9-8-17(2)3)15-14(13-19)6-5-7-16-15/h5-7H,4,8-13H2,1-3H3. The summed E-state index contributed by atoms with van der Waals surface area (Å²) in [6, 6.07) is 3.85. The highest BCUT2D eigenvalue weighted by Gasteiger charge is 2.27. The van der Waals surface area contributed by atoms with Crippen molar-refractivity contribution in [1.29, 1.82) is 0 Å². The van der Waals surface area contributed by atoms with Crippen molar-refractivity contribution in [2.75, 3.05) is 50.9 Å². The number of anilines is 1. The quantitative estimate of drug-likeness (QED) is 0.781. The first-order valence-corrected chi connectivity index (χ1v) is 9.36. The number of aromatic nitrogens is 1. The van der Waals surface area contributed by atoms with E-state index in [1.165, 1.54) is 0 Å². The molecule has 0 N–H and O–H groups in total. The predicted molar refractivity (Wildman–Crippen MR) is 89.5 cm³/mol. The molecule has 124 valence electrons. The minimum atomic E-state index is -3.19. The number of rotatable bonds is 6. The maximum absolute atomic E-state index is 12.4. The molecule has 0 amide bonds. The molecule has 7 heteroatoms. The average molecular weight is 326 g/mol. The number of likely N-dealkylation sites (N-methyl/N-ethyl adjacent to an activating group) is 1. The summed E-state index contributed by atoms with van der Waals surface area (Å²) < 4.78 is 26.4. The van der Waals surface area contributed by atoms with Crippen LogP contribution >= 0.6 is 0 Å². The first kappa shape index (κ1) is 17.2. The zero-order valence-corrected chi connectivity index (χ0v) is 14.5. The van der Waals surface area contributed by atoms with Crippen LogP contribution in [-0.2, 0) is 16.6 Å². The van der Waals surface area contributed by atoms with Crippen LogP contribution in [0.2, 0.25) is 0 Å². The van der Waals surface area contributed by atoms with Crippen molar-refractivity contribution in [3.05, 3.63) is 23.9 Å². The molecule has 22 heavy (non-hydrogen) atoms. The van der Waals surface area contributed by atoms with Crippen molar-refractivity contribution >= 4 is 15.8 Å². The fraction of sp³-hybridized carbons (Fsp3) is 0.667. The van der Waals surface area contributed by atoms with Gasteiger partial charge in [0.15, 0.2) is 0 Å². The summed E-state index contributed by atoms with van der Waals surface area (Å²) in [6.45, 7) is 5.28. The third kappa shape index (κ3) is 4.18. The summed E-state index contributed by atoms with van der Waals surface area (Å²) in [5.41, 5.74) is 0.985. The van der Waals surface area contributed by atoms with E-state index in [4.69, 9.17) is 0 Å². The van der Waals surface area contributed by atoms with Crippen LogP contribution in [0.4, 0.5) is 5.82 Å². The lowest BCUT2D eigenvalue weighted by molar-refractivity contribution is 0.400. The summed E-state index contributed by atoms with van der Waals surface area (Å²) in [6.07, 6.45) is 2.42. The predicted octanol–water partition coefficient (Wildman–Crippen LogP) is 1.01. The number of pyridine rings is 1. The molecule has 0 fully saturated rings. The number of fused-ring (bicyclic) bond motifs is 1. The maximum atomic E-state index is 12.4. The lowest BCUT2D eigenvalue weighted by atomic mass is 10.2. The van der Waals surface area contributed by atoms with Gasteiger partial charge < -0.3 is 9.80 Å². The van der Waals surface area contributed by atoms with Crippen LogP contribution in [0, 0.1) is 0 Å². The van der Waals surface area contributed by atoms with Crippen LogP contribution in [0.3, 0.4) is 0 Å². The van der Waals surface area contributed by atoms with Crippen LogP contribution in [-0.4, -0.2) is 68.6 Å². The van der Waals surface area contributed by atoms with Crippen molar-refractivity contribution < 1.29 is 8.42 Å². The average Bonchev–Trinajstić information content (AvgIpc) is 2.65. The van der Waals surface area contributed by atoms with E-state index in [9.17, 15) is 8.42 Å². The molecule has 0 spiro atoms. The molecule has 2 heterocycles. The Kier molecular flexibility index (Phi) is 5.77. The van der Waals surface area contributed by atoms with Crippen molar-refractivity contribution in [1.82, 2.24) is 14.2 Å². The molecule has 1 aromatic rings. The summed E-state index contributed by atoms with van der Waals surface area (Å²) in [7, 11) is 0.888. The Labute approximate surface area is 133 Å². The second-order valence-corrected chi connectivity index (χ2v) is 8.01. The second-order valence-electron chi connectivity index (χ2n) is 5.93. The molecule has 0 aliphatic carbocycles. The lowest BCUT2D eigenvalue weighted by Crippen LogP contribution is -2.38. The smallest absolute Gasteiger partial charge is 0.214 e. The van der Waals surface area contributed by atoms with Gasteiger partial charge in [-0.1, -0.05) is 13.0 Å². The van der Waals surface area contributed by atoms with Gasteiger partial charge in [0.2, 0.25) is 10.0 Å². The number of sulfonamides is 1. The molecule has 0 aromatic carbocycles. The Morgan fingerprint density at radius 1 is 1.32 bits per heavy atom. The van der Waals surface area contributed by atoms with E-state index in [-0.39, 0.29) is 5.75 Å². The highest BCUT2D eigenvalue weighted by molar-refractivity contribution is 7.89. The first-order valence-electron chi connectivity index (χ1n) is 7.75. The minimum Gasteiger partial charge on any atom is -0.354 e. The van der Waals surface area contributed by atoms with Crippen molar-refractivity contribution in [2.45, 2.75) is 19.9 Å². The Morgan fingerprint density at radius 2 is 2.09 bits per heavy atom. The number of hydrogen-bond acceptors (Lipinski definition) is 5.